The van der Waals surface area contributed by atoms with Gasteiger partial charge in [-0.05, 0) is 29.8 Å². The van der Waals surface area contributed by atoms with Crippen LogP contribution in [0.15, 0.2) is 67.0 Å². The molecule has 0 unspecified atom stereocenters. The molecule has 21 heavy (non-hydrogen) atoms. The van der Waals surface area contributed by atoms with Crippen molar-refractivity contribution in [1.82, 2.24) is 9.78 Å². The number of hydrogen-bond acceptors (Lipinski definition) is 2. The molecule has 1 aromatic heterocycles. The second-order valence-corrected chi connectivity index (χ2v) is 4.72. The Balaban J connectivity index is 1.75. The van der Waals surface area contributed by atoms with Crippen LogP contribution in [-0.4, -0.2) is 15.6 Å². The standard InChI is InChI=1S/C17H13FN2O/c18-16-8-6-14(7-9-16)17(21)12-20-11-15(10-19-20)13-4-2-1-3-5-13/h1-11H,12H2. The first-order chi connectivity index (χ1) is 10.2. The lowest BCUT2D eigenvalue weighted by Gasteiger charge is -2.01. The molecule has 3 nitrogen and oxygen atoms in total. The Morgan fingerprint density at radius 2 is 1.71 bits per heavy atom. The van der Waals surface area contributed by atoms with Gasteiger partial charge in [-0.15, -0.1) is 0 Å². The molecule has 0 aliphatic rings. The highest BCUT2D eigenvalue weighted by Gasteiger charge is 2.08. The maximum absolute atomic E-state index is 12.8. The van der Waals surface area contributed by atoms with E-state index in [0.29, 0.717) is 5.56 Å². The van der Waals surface area contributed by atoms with E-state index in [9.17, 15) is 9.18 Å². The Hall–Kier alpha value is -2.75. The fourth-order valence-electron chi connectivity index (χ4n) is 2.10. The minimum atomic E-state index is -0.350. The van der Waals surface area contributed by atoms with Crippen molar-refractivity contribution >= 4 is 5.78 Å². The molecule has 0 aliphatic heterocycles. The van der Waals surface area contributed by atoms with Crippen LogP contribution in [0.5, 0.6) is 0 Å². The van der Waals surface area contributed by atoms with Gasteiger partial charge in [-0.25, -0.2) is 4.39 Å². The van der Waals surface area contributed by atoms with Crippen LogP contribution in [0.2, 0.25) is 0 Å². The summed E-state index contributed by atoms with van der Waals surface area (Å²) in [5, 5.41) is 4.20. The van der Waals surface area contributed by atoms with Crippen LogP contribution >= 0.6 is 0 Å². The quantitative estimate of drug-likeness (QED) is 0.685. The van der Waals surface area contributed by atoms with Gasteiger partial charge in [-0.3, -0.25) is 9.48 Å². The van der Waals surface area contributed by atoms with E-state index < -0.39 is 0 Å². The molecule has 0 atom stereocenters. The SMILES string of the molecule is O=C(Cn1cc(-c2ccccc2)cn1)c1ccc(F)cc1. The van der Waals surface area contributed by atoms with Crippen LogP contribution in [0.25, 0.3) is 11.1 Å². The fourth-order valence-corrected chi connectivity index (χ4v) is 2.10. The molecule has 0 saturated carbocycles. The summed E-state index contributed by atoms with van der Waals surface area (Å²) in [6.45, 7) is 0.137. The molecule has 0 N–H and O–H groups in total. The summed E-state index contributed by atoms with van der Waals surface area (Å²) in [7, 11) is 0. The number of Topliss-reactive ketones (excluding diaryl/α,β-unsaturated/α-hetero) is 1. The van der Waals surface area contributed by atoms with Gasteiger partial charge in [-0.2, -0.15) is 5.10 Å². The molecular weight excluding hydrogens is 267 g/mol. The first-order valence-corrected chi connectivity index (χ1v) is 6.59. The average molecular weight is 280 g/mol. The second-order valence-electron chi connectivity index (χ2n) is 4.72. The largest absolute Gasteiger partial charge is 0.292 e. The summed E-state index contributed by atoms with van der Waals surface area (Å²) >= 11 is 0. The molecule has 0 spiro atoms. The Morgan fingerprint density at radius 1 is 1.00 bits per heavy atom. The van der Waals surface area contributed by atoms with Gasteiger partial charge in [0, 0.05) is 17.3 Å². The third kappa shape index (κ3) is 3.05. The van der Waals surface area contributed by atoms with Crippen molar-refractivity contribution in [2.45, 2.75) is 6.54 Å². The van der Waals surface area contributed by atoms with E-state index in [1.165, 1.54) is 24.3 Å². The van der Waals surface area contributed by atoms with Crippen LogP contribution < -0.4 is 0 Å². The molecule has 0 bridgehead atoms. The number of rotatable bonds is 4. The highest BCUT2D eigenvalue weighted by Crippen LogP contribution is 2.17. The molecule has 2 aromatic carbocycles. The van der Waals surface area contributed by atoms with Crippen LogP contribution in [0.3, 0.4) is 0 Å². The molecule has 1 heterocycles. The molecule has 0 saturated heterocycles. The predicted octanol–water partition coefficient (Wildman–Crippen LogP) is 3.57. The van der Waals surface area contributed by atoms with Crippen molar-refractivity contribution in [2.24, 2.45) is 0 Å². The van der Waals surface area contributed by atoms with Gasteiger partial charge in [0.15, 0.2) is 5.78 Å². The summed E-state index contributed by atoms with van der Waals surface area (Å²) in [5.74, 6) is -0.449. The summed E-state index contributed by atoms with van der Waals surface area (Å²) in [5.41, 5.74) is 2.49. The smallest absolute Gasteiger partial charge is 0.184 e. The number of carbonyl (C=O) groups excluding carboxylic acids is 1. The molecule has 104 valence electrons. The molecule has 3 aromatic rings. The van der Waals surface area contributed by atoms with E-state index in [2.05, 4.69) is 5.10 Å². The van der Waals surface area contributed by atoms with Gasteiger partial charge >= 0.3 is 0 Å². The number of carbonyl (C=O) groups is 1. The van der Waals surface area contributed by atoms with Gasteiger partial charge in [0.25, 0.3) is 0 Å². The Kier molecular flexibility index (Phi) is 3.60. The summed E-state index contributed by atoms with van der Waals surface area (Å²) in [6.07, 6.45) is 3.56. The maximum atomic E-state index is 12.8. The Morgan fingerprint density at radius 3 is 2.43 bits per heavy atom. The van der Waals surface area contributed by atoms with E-state index >= 15 is 0 Å². The number of halogens is 1. The third-order valence-corrected chi connectivity index (χ3v) is 3.21. The minimum Gasteiger partial charge on any atom is -0.292 e. The summed E-state index contributed by atoms with van der Waals surface area (Å²) in [4.78, 5) is 12.1. The Labute approximate surface area is 121 Å². The summed E-state index contributed by atoms with van der Waals surface area (Å²) in [6, 6.07) is 15.4. The van der Waals surface area contributed by atoms with Crippen molar-refractivity contribution in [2.75, 3.05) is 0 Å². The molecule has 4 heteroatoms. The average Bonchev–Trinajstić information content (AvgIpc) is 2.97. The molecule has 0 amide bonds. The van der Waals surface area contributed by atoms with Crippen molar-refractivity contribution < 1.29 is 9.18 Å². The van der Waals surface area contributed by atoms with Gasteiger partial charge in [0.2, 0.25) is 0 Å². The summed E-state index contributed by atoms with van der Waals surface area (Å²) < 4.78 is 14.4. The number of hydrogen-bond donors (Lipinski definition) is 0. The van der Waals surface area contributed by atoms with Gasteiger partial charge in [0.1, 0.15) is 12.4 Å². The van der Waals surface area contributed by atoms with Crippen molar-refractivity contribution in [1.29, 1.82) is 0 Å². The normalized spacial score (nSPS) is 10.5. The van der Waals surface area contributed by atoms with E-state index in [4.69, 9.17) is 0 Å². The first kappa shape index (κ1) is 13.2. The van der Waals surface area contributed by atoms with E-state index in [1.807, 2.05) is 36.5 Å². The van der Waals surface area contributed by atoms with Crippen LogP contribution in [0.1, 0.15) is 10.4 Å². The van der Waals surface area contributed by atoms with Crippen molar-refractivity contribution in [3.05, 3.63) is 78.4 Å². The molecule has 0 aliphatic carbocycles. The molecule has 0 fully saturated rings. The highest BCUT2D eigenvalue weighted by atomic mass is 19.1. The van der Waals surface area contributed by atoms with E-state index in [0.717, 1.165) is 11.1 Å². The van der Waals surface area contributed by atoms with Crippen LogP contribution in [0.4, 0.5) is 4.39 Å². The minimum absolute atomic E-state index is 0.0993. The zero-order valence-corrected chi connectivity index (χ0v) is 11.2. The number of aromatic nitrogens is 2. The number of benzene rings is 2. The lowest BCUT2D eigenvalue weighted by atomic mass is 10.1. The third-order valence-electron chi connectivity index (χ3n) is 3.21. The predicted molar refractivity (Wildman–Crippen MR) is 78.4 cm³/mol. The zero-order chi connectivity index (χ0) is 14.7. The molecule has 3 rings (SSSR count). The highest BCUT2D eigenvalue weighted by molar-refractivity contribution is 5.95. The lowest BCUT2D eigenvalue weighted by molar-refractivity contribution is 0.0967. The number of ketones is 1. The fraction of sp³-hybridized carbons (Fsp3) is 0.0588. The van der Waals surface area contributed by atoms with Crippen LogP contribution in [-0.2, 0) is 6.54 Å². The van der Waals surface area contributed by atoms with Crippen LogP contribution in [0, 0.1) is 5.82 Å². The number of nitrogens with zero attached hydrogens (tertiary/aromatic N) is 2. The van der Waals surface area contributed by atoms with Crippen molar-refractivity contribution in [3.63, 3.8) is 0 Å². The Bertz CT molecular complexity index is 748. The van der Waals surface area contributed by atoms with Gasteiger partial charge in [-0.1, -0.05) is 30.3 Å². The topological polar surface area (TPSA) is 34.9 Å². The van der Waals surface area contributed by atoms with Crippen molar-refractivity contribution in [3.8, 4) is 11.1 Å². The van der Waals surface area contributed by atoms with Gasteiger partial charge < -0.3 is 0 Å². The first-order valence-electron chi connectivity index (χ1n) is 6.59. The molecule has 0 radical (unpaired) electrons. The van der Waals surface area contributed by atoms with E-state index in [-0.39, 0.29) is 18.1 Å². The maximum Gasteiger partial charge on any atom is 0.184 e. The molecular formula is C17H13FN2O. The second kappa shape index (κ2) is 5.71. The lowest BCUT2D eigenvalue weighted by Crippen LogP contribution is -2.10. The monoisotopic (exact) mass is 280 g/mol. The van der Waals surface area contributed by atoms with Gasteiger partial charge in [0.05, 0.1) is 6.20 Å². The van der Waals surface area contributed by atoms with E-state index in [1.54, 1.807) is 10.9 Å². The zero-order valence-electron chi connectivity index (χ0n) is 11.2.